The van der Waals surface area contributed by atoms with E-state index in [1.807, 2.05) is 38.1 Å². The Kier molecular flexibility index (Phi) is 4.85. The molecule has 1 N–H and O–H groups in total. The van der Waals surface area contributed by atoms with E-state index in [9.17, 15) is 9.59 Å². The van der Waals surface area contributed by atoms with Crippen molar-refractivity contribution in [3.8, 4) is 0 Å². The maximum Gasteiger partial charge on any atom is 0.256 e. The van der Waals surface area contributed by atoms with Crippen molar-refractivity contribution in [1.29, 1.82) is 0 Å². The van der Waals surface area contributed by atoms with Crippen molar-refractivity contribution in [3.63, 3.8) is 0 Å². The van der Waals surface area contributed by atoms with Crippen molar-refractivity contribution in [1.82, 2.24) is 9.88 Å². The lowest BCUT2D eigenvalue weighted by Crippen LogP contribution is -2.44. The van der Waals surface area contributed by atoms with Crippen LogP contribution in [0.5, 0.6) is 0 Å². The summed E-state index contributed by atoms with van der Waals surface area (Å²) in [6.45, 7) is 3.85. The highest BCUT2D eigenvalue weighted by molar-refractivity contribution is 7.99. The monoisotopic (exact) mass is 341 g/mol. The first-order chi connectivity index (χ1) is 11.5. The summed E-state index contributed by atoms with van der Waals surface area (Å²) in [5, 5.41) is 2.91. The third kappa shape index (κ3) is 3.59. The Bertz CT molecular complexity index is 761. The van der Waals surface area contributed by atoms with Gasteiger partial charge in [-0.3, -0.25) is 14.6 Å². The molecular formula is C18H19N3O2S. The lowest BCUT2D eigenvalue weighted by molar-refractivity contribution is -0.119. The number of rotatable bonds is 3. The summed E-state index contributed by atoms with van der Waals surface area (Å²) in [5.74, 6) is 0.803. The number of nitrogens with one attached hydrogen (secondary N) is 1. The van der Waals surface area contributed by atoms with E-state index in [4.69, 9.17) is 0 Å². The van der Waals surface area contributed by atoms with Crippen LogP contribution >= 0.6 is 11.8 Å². The molecular weight excluding hydrogens is 322 g/mol. The summed E-state index contributed by atoms with van der Waals surface area (Å²) in [5.41, 5.74) is 3.20. The van der Waals surface area contributed by atoms with Gasteiger partial charge in [0.2, 0.25) is 5.91 Å². The van der Waals surface area contributed by atoms with Crippen molar-refractivity contribution >= 4 is 29.3 Å². The first-order valence-electron chi connectivity index (χ1n) is 7.73. The molecule has 124 valence electrons. The van der Waals surface area contributed by atoms with Gasteiger partial charge >= 0.3 is 0 Å². The summed E-state index contributed by atoms with van der Waals surface area (Å²) < 4.78 is 0. The van der Waals surface area contributed by atoms with E-state index in [2.05, 4.69) is 10.3 Å². The van der Waals surface area contributed by atoms with Crippen LogP contribution in [0.1, 0.15) is 21.6 Å². The average molecular weight is 341 g/mol. The minimum Gasteiger partial charge on any atom is -0.324 e. The summed E-state index contributed by atoms with van der Waals surface area (Å²) in [6.07, 6.45) is 1.57. The number of pyridine rings is 1. The van der Waals surface area contributed by atoms with Crippen LogP contribution in [0.15, 0.2) is 42.6 Å². The number of carbonyl (C=O) groups is 2. The predicted molar refractivity (Wildman–Crippen MR) is 96.1 cm³/mol. The zero-order chi connectivity index (χ0) is 17.1. The highest BCUT2D eigenvalue weighted by atomic mass is 32.2. The predicted octanol–water partition coefficient (Wildman–Crippen LogP) is 2.85. The van der Waals surface area contributed by atoms with Gasteiger partial charge in [0.25, 0.3) is 5.91 Å². The third-order valence-electron chi connectivity index (χ3n) is 3.89. The first kappa shape index (κ1) is 16.5. The van der Waals surface area contributed by atoms with Crippen LogP contribution in [-0.4, -0.2) is 39.4 Å². The Morgan fingerprint density at radius 2 is 2.08 bits per heavy atom. The SMILES string of the molecule is Cc1cccc(NC(=O)[C@@H]2CSCN2C(=O)c2ccc(C)nc2)c1. The molecule has 6 heteroatoms. The number of carbonyl (C=O) groups excluding carboxylic acids is 2. The zero-order valence-corrected chi connectivity index (χ0v) is 14.5. The fraction of sp³-hybridized carbons (Fsp3) is 0.278. The molecule has 1 aliphatic rings. The molecule has 0 bridgehead atoms. The molecule has 2 amide bonds. The van der Waals surface area contributed by atoms with E-state index in [-0.39, 0.29) is 11.8 Å². The van der Waals surface area contributed by atoms with Gasteiger partial charge in [-0.25, -0.2) is 0 Å². The molecule has 1 saturated heterocycles. The molecule has 1 aromatic heterocycles. The molecule has 3 rings (SSSR count). The Balaban J connectivity index is 1.73. The van der Waals surface area contributed by atoms with Gasteiger partial charge in [0, 0.05) is 23.3 Å². The van der Waals surface area contributed by atoms with E-state index in [1.165, 1.54) is 0 Å². The maximum atomic E-state index is 12.7. The highest BCUT2D eigenvalue weighted by Gasteiger charge is 2.35. The number of thioether (sulfide) groups is 1. The molecule has 0 radical (unpaired) electrons. The average Bonchev–Trinajstić information content (AvgIpc) is 3.04. The molecule has 5 nitrogen and oxygen atoms in total. The second kappa shape index (κ2) is 7.05. The molecule has 2 aromatic rings. The molecule has 1 aliphatic heterocycles. The Morgan fingerprint density at radius 1 is 1.25 bits per heavy atom. The van der Waals surface area contributed by atoms with Gasteiger partial charge < -0.3 is 10.2 Å². The van der Waals surface area contributed by atoms with E-state index in [0.717, 1.165) is 16.9 Å². The second-order valence-electron chi connectivity index (χ2n) is 5.84. The van der Waals surface area contributed by atoms with E-state index in [1.54, 1.807) is 35.0 Å². The molecule has 1 aromatic carbocycles. The number of benzene rings is 1. The zero-order valence-electron chi connectivity index (χ0n) is 13.7. The van der Waals surface area contributed by atoms with Crippen LogP contribution in [-0.2, 0) is 4.79 Å². The number of anilines is 1. The first-order valence-corrected chi connectivity index (χ1v) is 8.89. The van der Waals surface area contributed by atoms with Crippen LogP contribution < -0.4 is 5.32 Å². The van der Waals surface area contributed by atoms with Crippen molar-refractivity contribution in [3.05, 3.63) is 59.4 Å². The number of aryl methyl sites for hydroxylation is 2. The van der Waals surface area contributed by atoms with Gasteiger partial charge in [0.15, 0.2) is 0 Å². The number of hydrogen-bond acceptors (Lipinski definition) is 4. The van der Waals surface area contributed by atoms with Crippen LogP contribution in [0.2, 0.25) is 0 Å². The fourth-order valence-electron chi connectivity index (χ4n) is 2.57. The minimum atomic E-state index is -0.468. The van der Waals surface area contributed by atoms with Crippen molar-refractivity contribution in [2.45, 2.75) is 19.9 Å². The van der Waals surface area contributed by atoms with Crippen LogP contribution in [0, 0.1) is 13.8 Å². The lowest BCUT2D eigenvalue weighted by Gasteiger charge is -2.23. The number of nitrogens with zero attached hydrogens (tertiary/aromatic N) is 2. The summed E-state index contributed by atoms with van der Waals surface area (Å²) in [7, 11) is 0. The Morgan fingerprint density at radius 3 is 2.79 bits per heavy atom. The molecule has 0 unspecified atom stereocenters. The van der Waals surface area contributed by atoms with Gasteiger partial charge in [0.1, 0.15) is 6.04 Å². The van der Waals surface area contributed by atoms with Crippen LogP contribution in [0.25, 0.3) is 0 Å². The topological polar surface area (TPSA) is 62.3 Å². The lowest BCUT2D eigenvalue weighted by atomic mass is 10.2. The number of aromatic nitrogens is 1. The summed E-state index contributed by atoms with van der Waals surface area (Å²) >= 11 is 1.58. The van der Waals surface area contributed by atoms with Gasteiger partial charge in [-0.2, -0.15) is 0 Å². The Labute approximate surface area is 145 Å². The van der Waals surface area contributed by atoms with E-state index in [0.29, 0.717) is 17.2 Å². The minimum absolute atomic E-state index is 0.154. The smallest absolute Gasteiger partial charge is 0.256 e. The summed E-state index contributed by atoms with van der Waals surface area (Å²) in [4.78, 5) is 31.0. The normalized spacial score (nSPS) is 16.9. The van der Waals surface area contributed by atoms with Gasteiger partial charge in [0.05, 0.1) is 11.4 Å². The fourth-order valence-corrected chi connectivity index (χ4v) is 3.72. The largest absolute Gasteiger partial charge is 0.324 e. The van der Waals surface area contributed by atoms with Crippen molar-refractivity contribution in [2.75, 3.05) is 16.9 Å². The van der Waals surface area contributed by atoms with Crippen molar-refractivity contribution in [2.24, 2.45) is 0 Å². The Hall–Kier alpha value is -2.34. The van der Waals surface area contributed by atoms with Crippen molar-refractivity contribution < 1.29 is 9.59 Å². The maximum absolute atomic E-state index is 12.7. The molecule has 0 saturated carbocycles. The molecule has 1 atom stereocenters. The quantitative estimate of drug-likeness (QED) is 0.932. The van der Waals surface area contributed by atoms with Crippen LogP contribution in [0.4, 0.5) is 5.69 Å². The van der Waals surface area contributed by atoms with Gasteiger partial charge in [-0.1, -0.05) is 12.1 Å². The van der Waals surface area contributed by atoms with Crippen LogP contribution in [0.3, 0.4) is 0 Å². The molecule has 1 fully saturated rings. The van der Waals surface area contributed by atoms with Gasteiger partial charge in [-0.05, 0) is 43.7 Å². The third-order valence-corrected chi connectivity index (χ3v) is 4.90. The van der Waals surface area contributed by atoms with Gasteiger partial charge in [-0.15, -0.1) is 11.8 Å². The molecule has 2 heterocycles. The van der Waals surface area contributed by atoms with E-state index < -0.39 is 6.04 Å². The molecule has 24 heavy (non-hydrogen) atoms. The summed E-state index contributed by atoms with van der Waals surface area (Å²) in [6, 6.07) is 10.7. The number of hydrogen-bond donors (Lipinski definition) is 1. The van der Waals surface area contributed by atoms with E-state index >= 15 is 0 Å². The highest BCUT2D eigenvalue weighted by Crippen LogP contribution is 2.24. The molecule has 0 spiro atoms. The standard InChI is InChI=1S/C18H19N3O2S/c1-12-4-3-5-15(8-12)20-17(22)16-10-24-11-21(16)18(23)14-7-6-13(2)19-9-14/h3-9,16H,10-11H2,1-2H3,(H,20,22)/t16-/m0/s1. The number of amides is 2. The molecule has 0 aliphatic carbocycles. The second-order valence-corrected chi connectivity index (χ2v) is 6.84.